The van der Waals surface area contributed by atoms with Gasteiger partial charge in [-0.05, 0) is 79.3 Å². The van der Waals surface area contributed by atoms with E-state index in [0.29, 0.717) is 53.6 Å². The number of halogens is 1. The number of anilines is 1. The van der Waals surface area contributed by atoms with Crippen molar-refractivity contribution in [2.45, 2.75) is 50.7 Å². The number of carbonyl (C=O) groups is 1. The molecule has 43 heavy (non-hydrogen) atoms. The Morgan fingerprint density at radius 2 is 1.95 bits per heavy atom. The normalized spacial score (nSPS) is 18.3. The molecule has 0 unspecified atom stereocenters. The number of aryl methyl sites for hydroxylation is 1. The highest BCUT2D eigenvalue weighted by Gasteiger charge is 2.35. The number of methoxy groups -OCH3 is 1. The van der Waals surface area contributed by atoms with E-state index in [1.165, 1.54) is 0 Å². The standard InChI is InChI=1S/C33H32FN7O2/c1-35-23-8-9-25(26(15-23)32-38-36-19-39(32)2)22-13-30(21-6-7-21)37-31(14-22)41-17-28-27(33(41)42)11-20(12-29(28)34)16-40-10-4-5-24(40)18-43-3/h8-9,11-15,19,21,24H,4-7,10,16-18H2,2-3H3/t24-/m0/s1. The zero-order chi connectivity index (χ0) is 29.7. The maximum absolute atomic E-state index is 15.5. The van der Waals surface area contributed by atoms with E-state index in [-0.39, 0.29) is 18.3 Å². The van der Waals surface area contributed by atoms with Crippen LogP contribution in [0.4, 0.5) is 15.9 Å². The first-order valence-corrected chi connectivity index (χ1v) is 14.7. The van der Waals surface area contributed by atoms with Crippen LogP contribution in [-0.2, 0) is 24.9 Å². The summed E-state index contributed by atoms with van der Waals surface area (Å²) >= 11 is 0. The van der Waals surface area contributed by atoms with Crippen LogP contribution in [0.5, 0.6) is 0 Å². The average molecular weight is 578 g/mol. The van der Waals surface area contributed by atoms with E-state index >= 15 is 4.39 Å². The molecule has 0 N–H and O–H groups in total. The van der Waals surface area contributed by atoms with Crippen LogP contribution in [0.2, 0.25) is 0 Å². The molecule has 1 aliphatic carbocycles. The summed E-state index contributed by atoms with van der Waals surface area (Å²) in [5.41, 5.74) is 5.51. The van der Waals surface area contributed by atoms with Gasteiger partial charge in [0.15, 0.2) is 11.5 Å². The molecule has 1 saturated heterocycles. The molecular weight excluding hydrogens is 545 g/mol. The van der Waals surface area contributed by atoms with Gasteiger partial charge in [-0.15, -0.1) is 10.2 Å². The van der Waals surface area contributed by atoms with E-state index in [2.05, 4.69) is 26.0 Å². The molecule has 0 bridgehead atoms. The third kappa shape index (κ3) is 5.09. The molecule has 2 aromatic carbocycles. The number of ether oxygens (including phenoxy) is 1. The lowest BCUT2D eigenvalue weighted by Crippen LogP contribution is -2.32. The van der Waals surface area contributed by atoms with Crippen LogP contribution in [0.15, 0.2) is 48.8 Å². The third-order valence-corrected chi connectivity index (χ3v) is 8.79. The predicted molar refractivity (Wildman–Crippen MR) is 160 cm³/mol. The van der Waals surface area contributed by atoms with Gasteiger partial charge >= 0.3 is 0 Å². The lowest BCUT2D eigenvalue weighted by molar-refractivity contribution is 0.0995. The monoisotopic (exact) mass is 577 g/mol. The Morgan fingerprint density at radius 3 is 2.70 bits per heavy atom. The van der Waals surface area contributed by atoms with Crippen LogP contribution < -0.4 is 4.90 Å². The molecule has 10 heteroatoms. The smallest absolute Gasteiger partial charge is 0.260 e. The van der Waals surface area contributed by atoms with Gasteiger partial charge in [-0.3, -0.25) is 14.6 Å². The molecular formula is C33H32FN7O2. The molecule has 7 rings (SSSR count). The average Bonchev–Trinajstić information content (AvgIpc) is 3.50. The van der Waals surface area contributed by atoms with Crippen molar-refractivity contribution < 1.29 is 13.9 Å². The topological polar surface area (TPSA) is 80.7 Å². The van der Waals surface area contributed by atoms with Gasteiger partial charge in [0, 0.05) is 55.0 Å². The van der Waals surface area contributed by atoms with Crippen molar-refractivity contribution >= 4 is 17.4 Å². The molecule has 9 nitrogen and oxygen atoms in total. The van der Waals surface area contributed by atoms with Gasteiger partial charge in [0.05, 0.1) is 19.7 Å². The summed E-state index contributed by atoms with van der Waals surface area (Å²) in [4.78, 5) is 26.3. The first kappa shape index (κ1) is 27.4. The summed E-state index contributed by atoms with van der Waals surface area (Å²) in [6.07, 6.45) is 5.84. The second-order valence-corrected chi connectivity index (χ2v) is 11.7. The van der Waals surface area contributed by atoms with Crippen LogP contribution in [-0.4, -0.2) is 56.9 Å². The minimum absolute atomic E-state index is 0.129. The summed E-state index contributed by atoms with van der Waals surface area (Å²) in [6, 6.07) is 13.2. The lowest BCUT2D eigenvalue weighted by atomic mass is 9.97. The summed E-state index contributed by atoms with van der Waals surface area (Å²) in [5.74, 6) is 0.859. The van der Waals surface area contributed by atoms with Crippen LogP contribution in [0.1, 0.15) is 58.8 Å². The predicted octanol–water partition coefficient (Wildman–Crippen LogP) is 5.88. The number of rotatable bonds is 8. The molecule has 2 fully saturated rings. The fourth-order valence-electron chi connectivity index (χ4n) is 6.40. The Bertz CT molecular complexity index is 1770. The molecule has 1 saturated carbocycles. The van der Waals surface area contributed by atoms with Crippen molar-refractivity contribution in [2.24, 2.45) is 7.05 Å². The number of hydrogen-bond donors (Lipinski definition) is 0. The highest BCUT2D eigenvalue weighted by Crippen LogP contribution is 2.43. The second kappa shape index (κ2) is 11.0. The van der Waals surface area contributed by atoms with E-state index in [1.54, 1.807) is 30.5 Å². The molecule has 0 spiro atoms. The van der Waals surface area contributed by atoms with Gasteiger partial charge in [0.2, 0.25) is 0 Å². The van der Waals surface area contributed by atoms with Crippen LogP contribution in [0.3, 0.4) is 0 Å². The zero-order valence-electron chi connectivity index (χ0n) is 24.3. The van der Waals surface area contributed by atoms with Gasteiger partial charge in [0.25, 0.3) is 5.91 Å². The Hall–Kier alpha value is -4.46. The van der Waals surface area contributed by atoms with E-state index in [4.69, 9.17) is 16.3 Å². The fourth-order valence-corrected chi connectivity index (χ4v) is 6.40. The van der Waals surface area contributed by atoms with Gasteiger partial charge in [-0.2, -0.15) is 0 Å². The summed E-state index contributed by atoms with van der Waals surface area (Å²) in [7, 11) is 3.57. The lowest BCUT2D eigenvalue weighted by Gasteiger charge is -2.24. The minimum atomic E-state index is -0.358. The van der Waals surface area contributed by atoms with Crippen LogP contribution in [0, 0.1) is 12.4 Å². The molecule has 1 amide bonds. The fraction of sp³-hybridized carbons (Fsp3) is 0.364. The Morgan fingerprint density at radius 1 is 1.09 bits per heavy atom. The molecule has 218 valence electrons. The van der Waals surface area contributed by atoms with Crippen LogP contribution >= 0.6 is 0 Å². The van der Waals surface area contributed by atoms with E-state index in [1.807, 2.05) is 35.9 Å². The maximum atomic E-state index is 15.5. The van der Waals surface area contributed by atoms with Crippen LogP contribution in [0.25, 0.3) is 27.4 Å². The SMILES string of the molecule is [C-]#[N+]c1ccc(-c2cc(C3CC3)nc(N3Cc4c(F)cc(CN5CCC[C@H]5COC)cc4C3=O)c2)c(-c2nncn2C)c1. The number of carbonyl (C=O) groups excluding carboxylic acids is 1. The molecule has 2 aliphatic heterocycles. The molecule has 1 atom stereocenters. The molecule has 2 aromatic heterocycles. The van der Waals surface area contributed by atoms with E-state index in [0.717, 1.165) is 60.2 Å². The van der Waals surface area contributed by atoms with Crippen molar-refractivity contribution in [1.29, 1.82) is 0 Å². The number of nitrogens with zero attached hydrogens (tertiary/aromatic N) is 7. The highest BCUT2D eigenvalue weighted by atomic mass is 19.1. The number of pyridine rings is 1. The number of amides is 1. The number of aromatic nitrogens is 4. The molecule has 4 heterocycles. The molecule has 4 aromatic rings. The molecule has 0 radical (unpaired) electrons. The largest absolute Gasteiger partial charge is 0.383 e. The van der Waals surface area contributed by atoms with Crippen molar-refractivity contribution in [1.82, 2.24) is 24.6 Å². The summed E-state index contributed by atoms with van der Waals surface area (Å²) < 4.78 is 22.7. The first-order chi connectivity index (χ1) is 20.9. The quantitative estimate of drug-likeness (QED) is 0.243. The van der Waals surface area contributed by atoms with E-state index in [9.17, 15) is 4.79 Å². The summed E-state index contributed by atoms with van der Waals surface area (Å²) in [6.45, 7) is 9.82. The van der Waals surface area contributed by atoms with Gasteiger partial charge in [0.1, 0.15) is 18.0 Å². The Kier molecular flexibility index (Phi) is 7.00. The summed E-state index contributed by atoms with van der Waals surface area (Å²) in [5, 5.41) is 8.35. The van der Waals surface area contributed by atoms with E-state index < -0.39 is 0 Å². The maximum Gasteiger partial charge on any atom is 0.260 e. The first-order valence-electron chi connectivity index (χ1n) is 14.7. The zero-order valence-corrected chi connectivity index (χ0v) is 24.3. The number of benzene rings is 2. The second-order valence-electron chi connectivity index (χ2n) is 11.7. The highest BCUT2D eigenvalue weighted by molar-refractivity contribution is 6.10. The van der Waals surface area contributed by atoms with Gasteiger partial charge in [-0.1, -0.05) is 12.1 Å². The van der Waals surface area contributed by atoms with Gasteiger partial charge in [-0.25, -0.2) is 14.2 Å². The Labute approximate surface area is 249 Å². The van der Waals surface area contributed by atoms with Crippen molar-refractivity contribution in [2.75, 3.05) is 25.2 Å². The number of fused-ring (bicyclic) bond motifs is 1. The van der Waals surface area contributed by atoms with Crippen molar-refractivity contribution in [3.8, 4) is 22.5 Å². The third-order valence-electron chi connectivity index (χ3n) is 8.79. The molecule has 3 aliphatic rings. The Balaban J connectivity index is 1.25. The van der Waals surface area contributed by atoms with Crippen molar-refractivity contribution in [3.05, 3.63) is 88.4 Å². The van der Waals surface area contributed by atoms with Crippen molar-refractivity contribution in [3.63, 3.8) is 0 Å². The number of hydrogen-bond acceptors (Lipinski definition) is 6. The number of likely N-dealkylation sites (tertiary alicyclic amines) is 1. The minimum Gasteiger partial charge on any atom is -0.383 e. The van der Waals surface area contributed by atoms with Gasteiger partial charge < -0.3 is 9.30 Å².